The molecule has 4 heteroatoms. The Balaban J connectivity index is 2.59. The first-order chi connectivity index (χ1) is 8.63. The number of amides is 1. The van der Waals surface area contributed by atoms with E-state index in [2.05, 4.69) is 6.92 Å². The zero-order chi connectivity index (χ0) is 13.4. The number of nitrogens with zero attached hydrogens (tertiary/aromatic N) is 1. The van der Waals surface area contributed by atoms with Crippen molar-refractivity contribution >= 4 is 11.7 Å². The molecule has 0 radical (unpaired) electrons. The Labute approximate surface area is 108 Å². The van der Waals surface area contributed by atoms with Gasteiger partial charge in [0.25, 0.3) is 0 Å². The minimum atomic E-state index is -0.396. The van der Waals surface area contributed by atoms with Crippen molar-refractivity contribution in [3.8, 4) is 0 Å². The van der Waals surface area contributed by atoms with Crippen molar-refractivity contribution in [3.05, 3.63) is 35.9 Å². The normalized spacial score (nSPS) is 10.6. The third-order valence-corrected chi connectivity index (χ3v) is 2.67. The van der Waals surface area contributed by atoms with Crippen LogP contribution in [-0.2, 0) is 4.79 Å². The van der Waals surface area contributed by atoms with E-state index in [1.165, 1.54) is 0 Å². The number of Topliss-reactive ketones (excluding diaryl/α,β-unsaturated/α-hetero) is 1. The lowest BCUT2D eigenvalue weighted by Crippen LogP contribution is -2.38. The summed E-state index contributed by atoms with van der Waals surface area (Å²) in [4.78, 5) is 24.8. The summed E-state index contributed by atoms with van der Waals surface area (Å²) in [7, 11) is 0. The smallest absolute Gasteiger partial charge is 0.231 e. The molecule has 0 unspecified atom stereocenters. The molecule has 2 N–H and O–H groups in total. The highest BCUT2D eigenvalue weighted by atomic mass is 16.1. The largest absolute Gasteiger partial charge is 0.369 e. The van der Waals surface area contributed by atoms with E-state index in [4.69, 9.17) is 5.73 Å². The van der Waals surface area contributed by atoms with Crippen LogP contribution in [-0.4, -0.2) is 36.2 Å². The van der Waals surface area contributed by atoms with Gasteiger partial charge in [0.1, 0.15) is 0 Å². The van der Waals surface area contributed by atoms with Gasteiger partial charge in [-0.2, -0.15) is 0 Å². The number of primary amides is 1. The minimum Gasteiger partial charge on any atom is -0.369 e. The molecule has 1 aromatic carbocycles. The molecule has 0 bridgehead atoms. The first kappa shape index (κ1) is 14.4. The highest BCUT2D eigenvalue weighted by Gasteiger charge is 2.13. The first-order valence-electron chi connectivity index (χ1n) is 6.22. The van der Waals surface area contributed by atoms with Gasteiger partial charge < -0.3 is 5.73 Å². The topological polar surface area (TPSA) is 63.4 Å². The Morgan fingerprint density at radius 2 is 1.83 bits per heavy atom. The molecule has 1 aromatic rings. The summed E-state index contributed by atoms with van der Waals surface area (Å²) < 4.78 is 0. The second-order valence-electron chi connectivity index (χ2n) is 4.32. The number of hydrogen-bond donors (Lipinski definition) is 1. The molecule has 0 aliphatic rings. The van der Waals surface area contributed by atoms with E-state index in [1.54, 1.807) is 17.0 Å². The fraction of sp³-hybridized carbons (Fsp3) is 0.429. The summed E-state index contributed by atoms with van der Waals surface area (Å²) in [5.74, 6) is -0.375. The van der Waals surface area contributed by atoms with Gasteiger partial charge in [-0.1, -0.05) is 43.7 Å². The molecule has 98 valence electrons. The number of carbonyl (C=O) groups is 2. The summed E-state index contributed by atoms with van der Waals surface area (Å²) in [6.07, 6.45) is 1.98. The van der Waals surface area contributed by atoms with Gasteiger partial charge in [-0.25, -0.2) is 0 Å². The van der Waals surface area contributed by atoms with E-state index in [9.17, 15) is 9.59 Å². The van der Waals surface area contributed by atoms with Crippen molar-refractivity contribution in [1.29, 1.82) is 0 Å². The summed E-state index contributed by atoms with van der Waals surface area (Å²) in [5.41, 5.74) is 5.86. The van der Waals surface area contributed by atoms with Crippen LogP contribution >= 0.6 is 0 Å². The Bertz CT molecular complexity index is 390. The number of benzene rings is 1. The fourth-order valence-electron chi connectivity index (χ4n) is 1.73. The van der Waals surface area contributed by atoms with Gasteiger partial charge in [0.15, 0.2) is 5.78 Å². The van der Waals surface area contributed by atoms with Crippen LogP contribution < -0.4 is 5.73 Å². The first-order valence-corrected chi connectivity index (χ1v) is 6.22. The van der Waals surface area contributed by atoms with Crippen LogP contribution in [0.15, 0.2) is 30.3 Å². The van der Waals surface area contributed by atoms with Crippen LogP contribution in [0, 0.1) is 0 Å². The predicted molar refractivity (Wildman–Crippen MR) is 71.3 cm³/mol. The summed E-state index contributed by atoms with van der Waals surface area (Å²) in [6.45, 7) is 3.17. The maximum atomic E-state index is 12.0. The van der Waals surface area contributed by atoms with Gasteiger partial charge in [0, 0.05) is 5.56 Å². The molecular formula is C14H20N2O2. The quantitative estimate of drug-likeness (QED) is 0.708. The van der Waals surface area contributed by atoms with Gasteiger partial charge in [-0.05, 0) is 13.0 Å². The molecule has 4 nitrogen and oxygen atoms in total. The molecule has 1 amide bonds. The second-order valence-corrected chi connectivity index (χ2v) is 4.32. The molecule has 0 aromatic heterocycles. The molecule has 0 fully saturated rings. The van der Waals surface area contributed by atoms with Crippen molar-refractivity contribution in [2.75, 3.05) is 19.6 Å². The molecule has 0 aliphatic carbocycles. The van der Waals surface area contributed by atoms with Crippen LogP contribution in [0.1, 0.15) is 30.1 Å². The van der Waals surface area contributed by atoms with E-state index in [1.807, 2.05) is 18.2 Å². The van der Waals surface area contributed by atoms with Crippen molar-refractivity contribution in [2.24, 2.45) is 5.73 Å². The fourth-order valence-corrected chi connectivity index (χ4v) is 1.73. The average Bonchev–Trinajstić information content (AvgIpc) is 2.36. The lowest BCUT2D eigenvalue weighted by atomic mass is 10.1. The Kier molecular flexibility index (Phi) is 6.08. The standard InChI is InChI=1S/C14H20N2O2/c1-2-3-9-16(11-14(15)18)10-13(17)12-7-5-4-6-8-12/h4-8H,2-3,9-11H2,1H3,(H2,15,18). The average molecular weight is 248 g/mol. The molecule has 18 heavy (non-hydrogen) atoms. The van der Waals surface area contributed by atoms with Crippen molar-refractivity contribution in [3.63, 3.8) is 0 Å². The van der Waals surface area contributed by atoms with Crippen LogP contribution in [0.4, 0.5) is 0 Å². The highest BCUT2D eigenvalue weighted by molar-refractivity contribution is 5.97. The van der Waals surface area contributed by atoms with Crippen molar-refractivity contribution in [1.82, 2.24) is 4.90 Å². The third-order valence-electron chi connectivity index (χ3n) is 2.67. The number of unbranched alkanes of at least 4 members (excludes halogenated alkanes) is 1. The van der Waals surface area contributed by atoms with Gasteiger partial charge in [-0.15, -0.1) is 0 Å². The van der Waals surface area contributed by atoms with Gasteiger partial charge in [0.05, 0.1) is 13.1 Å². The lowest BCUT2D eigenvalue weighted by molar-refractivity contribution is -0.119. The van der Waals surface area contributed by atoms with Crippen LogP contribution in [0.25, 0.3) is 0 Å². The predicted octanol–water partition coefficient (Wildman–Crippen LogP) is 1.46. The van der Waals surface area contributed by atoms with E-state index in [0.29, 0.717) is 5.56 Å². The Morgan fingerprint density at radius 3 is 2.39 bits per heavy atom. The Hall–Kier alpha value is -1.68. The molecule has 0 atom stereocenters. The maximum absolute atomic E-state index is 12.0. The summed E-state index contributed by atoms with van der Waals surface area (Å²) in [6, 6.07) is 9.10. The van der Waals surface area contributed by atoms with Gasteiger partial charge in [0.2, 0.25) is 5.91 Å². The number of hydrogen-bond acceptors (Lipinski definition) is 3. The van der Waals surface area contributed by atoms with Crippen molar-refractivity contribution in [2.45, 2.75) is 19.8 Å². The highest BCUT2D eigenvalue weighted by Crippen LogP contribution is 2.03. The van der Waals surface area contributed by atoms with E-state index < -0.39 is 5.91 Å². The van der Waals surface area contributed by atoms with Gasteiger partial charge >= 0.3 is 0 Å². The summed E-state index contributed by atoms with van der Waals surface area (Å²) >= 11 is 0. The van der Waals surface area contributed by atoms with Crippen LogP contribution in [0.5, 0.6) is 0 Å². The molecule has 0 heterocycles. The Morgan fingerprint density at radius 1 is 1.17 bits per heavy atom. The SMILES string of the molecule is CCCCN(CC(N)=O)CC(=O)c1ccccc1. The van der Waals surface area contributed by atoms with Crippen LogP contribution in [0.2, 0.25) is 0 Å². The number of rotatable bonds is 8. The van der Waals surface area contributed by atoms with E-state index >= 15 is 0 Å². The third kappa shape index (κ3) is 5.10. The van der Waals surface area contributed by atoms with Crippen molar-refractivity contribution < 1.29 is 9.59 Å². The van der Waals surface area contributed by atoms with E-state index in [0.717, 1.165) is 19.4 Å². The molecule has 0 aliphatic heterocycles. The minimum absolute atomic E-state index is 0.0213. The molecule has 1 rings (SSSR count). The molecule has 0 saturated heterocycles. The molecule has 0 saturated carbocycles. The monoisotopic (exact) mass is 248 g/mol. The number of nitrogens with two attached hydrogens (primary N) is 1. The maximum Gasteiger partial charge on any atom is 0.231 e. The van der Waals surface area contributed by atoms with Gasteiger partial charge in [-0.3, -0.25) is 14.5 Å². The zero-order valence-corrected chi connectivity index (χ0v) is 10.8. The number of carbonyl (C=O) groups excluding carboxylic acids is 2. The van der Waals surface area contributed by atoms with Crippen LogP contribution in [0.3, 0.4) is 0 Å². The summed E-state index contributed by atoms with van der Waals surface area (Å²) in [5, 5.41) is 0. The number of ketones is 1. The lowest BCUT2D eigenvalue weighted by Gasteiger charge is -2.19. The zero-order valence-electron chi connectivity index (χ0n) is 10.8. The molecule has 0 spiro atoms. The molecular weight excluding hydrogens is 228 g/mol. The van der Waals surface area contributed by atoms with E-state index in [-0.39, 0.29) is 18.9 Å². The second kappa shape index (κ2) is 7.61.